The van der Waals surface area contributed by atoms with Gasteiger partial charge in [-0.05, 0) is 54.8 Å². The molecule has 36 heavy (non-hydrogen) atoms. The molecule has 1 N–H and O–H groups in total. The van der Waals surface area contributed by atoms with Crippen molar-refractivity contribution in [3.8, 4) is 23.0 Å². The van der Waals surface area contributed by atoms with Crippen LogP contribution in [0.1, 0.15) is 40.1 Å². The number of hydrogen-bond acceptors (Lipinski definition) is 5. The number of nitrogens with zero attached hydrogens (tertiary/aromatic N) is 1. The van der Waals surface area contributed by atoms with Crippen LogP contribution in [0.3, 0.4) is 0 Å². The van der Waals surface area contributed by atoms with Gasteiger partial charge in [0, 0.05) is 28.7 Å². The maximum atomic E-state index is 14.0. The molecule has 186 valence electrons. The number of methoxy groups -OCH3 is 3. The third kappa shape index (κ3) is 4.00. The normalized spacial score (nSPS) is 14.9. The summed E-state index contributed by atoms with van der Waals surface area (Å²) in [6, 6.07) is 19.4. The summed E-state index contributed by atoms with van der Waals surface area (Å²) >= 11 is 0. The van der Waals surface area contributed by atoms with Crippen LogP contribution in [0.2, 0.25) is 0 Å². The average Bonchev–Trinajstić information content (AvgIpc) is 3.30. The van der Waals surface area contributed by atoms with Gasteiger partial charge in [-0.15, -0.1) is 0 Å². The Morgan fingerprint density at radius 1 is 0.972 bits per heavy atom. The zero-order valence-corrected chi connectivity index (χ0v) is 21.0. The molecule has 1 aliphatic rings. The van der Waals surface area contributed by atoms with E-state index in [0.29, 0.717) is 36.0 Å². The lowest BCUT2D eigenvalue weighted by atomic mass is 9.91. The SMILES string of the molecule is CCOc1ccc([C@H]2c3[nH]c4ccccc4c3CCN2C(=O)c2cc(OC)c(OC)c(OC)c2)cc1. The molecule has 1 atom stereocenters. The molecular formula is C29H30N2O5. The Kier molecular flexibility index (Phi) is 6.46. The van der Waals surface area contributed by atoms with Gasteiger partial charge < -0.3 is 28.8 Å². The van der Waals surface area contributed by atoms with Gasteiger partial charge in [0.1, 0.15) is 5.75 Å². The van der Waals surface area contributed by atoms with E-state index in [4.69, 9.17) is 18.9 Å². The van der Waals surface area contributed by atoms with Gasteiger partial charge in [0.15, 0.2) is 11.5 Å². The minimum Gasteiger partial charge on any atom is -0.494 e. The third-order valence-corrected chi connectivity index (χ3v) is 6.71. The molecule has 7 heteroatoms. The predicted molar refractivity (Wildman–Crippen MR) is 139 cm³/mol. The number of nitrogens with one attached hydrogen (secondary N) is 1. The Bertz CT molecular complexity index is 1370. The van der Waals surface area contributed by atoms with Crippen LogP contribution in [0.15, 0.2) is 60.7 Å². The first-order valence-electron chi connectivity index (χ1n) is 12.0. The van der Waals surface area contributed by atoms with Crippen molar-refractivity contribution in [2.75, 3.05) is 34.5 Å². The van der Waals surface area contributed by atoms with Crippen molar-refractivity contribution in [2.24, 2.45) is 0 Å². The number of aromatic nitrogens is 1. The summed E-state index contributed by atoms with van der Waals surface area (Å²) in [6.07, 6.45) is 0.753. The highest BCUT2D eigenvalue weighted by atomic mass is 16.5. The molecule has 0 aliphatic carbocycles. The van der Waals surface area contributed by atoms with Gasteiger partial charge in [0.05, 0.1) is 34.0 Å². The number of para-hydroxylation sites is 1. The van der Waals surface area contributed by atoms with E-state index >= 15 is 0 Å². The Morgan fingerprint density at radius 2 is 1.67 bits per heavy atom. The molecule has 0 bridgehead atoms. The molecule has 1 aromatic heterocycles. The summed E-state index contributed by atoms with van der Waals surface area (Å²) in [5.41, 5.74) is 4.83. The zero-order chi connectivity index (χ0) is 25.2. The largest absolute Gasteiger partial charge is 0.494 e. The molecule has 1 aliphatic heterocycles. The molecule has 0 radical (unpaired) electrons. The highest BCUT2D eigenvalue weighted by Crippen LogP contribution is 2.42. The first-order chi connectivity index (χ1) is 17.6. The van der Waals surface area contributed by atoms with Crippen molar-refractivity contribution in [1.82, 2.24) is 9.88 Å². The molecule has 7 nitrogen and oxygen atoms in total. The van der Waals surface area contributed by atoms with Crippen LogP contribution < -0.4 is 18.9 Å². The van der Waals surface area contributed by atoms with Gasteiger partial charge in [0.25, 0.3) is 5.91 Å². The van der Waals surface area contributed by atoms with E-state index in [0.717, 1.165) is 28.9 Å². The van der Waals surface area contributed by atoms with Gasteiger partial charge in [-0.25, -0.2) is 0 Å². The molecule has 3 aromatic carbocycles. The summed E-state index contributed by atoms with van der Waals surface area (Å²) in [5.74, 6) is 2.03. The molecule has 0 fully saturated rings. The lowest BCUT2D eigenvalue weighted by Gasteiger charge is -2.36. The number of rotatable bonds is 7. The quantitative estimate of drug-likeness (QED) is 0.380. The molecular weight excluding hydrogens is 456 g/mol. The number of aromatic amines is 1. The first-order valence-corrected chi connectivity index (χ1v) is 12.0. The number of hydrogen-bond donors (Lipinski definition) is 1. The standard InChI is InChI=1S/C29H30N2O5/c1-5-36-20-12-10-18(11-13-20)27-26-22(21-8-6-7-9-23(21)30-26)14-15-31(27)29(32)19-16-24(33-2)28(35-4)25(17-19)34-3/h6-13,16-17,27,30H,5,14-15H2,1-4H3/t27-/m0/s1. The van der Waals surface area contributed by atoms with Crippen molar-refractivity contribution in [1.29, 1.82) is 0 Å². The van der Waals surface area contributed by atoms with Gasteiger partial charge in [0.2, 0.25) is 5.75 Å². The van der Waals surface area contributed by atoms with Crippen LogP contribution in [0.4, 0.5) is 0 Å². The topological polar surface area (TPSA) is 73.0 Å². The second-order valence-electron chi connectivity index (χ2n) is 8.63. The van der Waals surface area contributed by atoms with Crippen LogP contribution in [0, 0.1) is 0 Å². The van der Waals surface area contributed by atoms with E-state index in [-0.39, 0.29) is 11.9 Å². The number of H-pyrrole nitrogens is 1. The van der Waals surface area contributed by atoms with Gasteiger partial charge in [-0.2, -0.15) is 0 Å². The molecule has 2 heterocycles. The van der Waals surface area contributed by atoms with Crippen LogP contribution >= 0.6 is 0 Å². The highest BCUT2D eigenvalue weighted by Gasteiger charge is 2.35. The maximum absolute atomic E-state index is 14.0. The van der Waals surface area contributed by atoms with Crippen molar-refractivity contribution < 1.29 is 23.7 Å². The molecule has 5 rings (SSSR count). The average molecular weight is 487 g/mol. The molecule has 0 unspecified atom stereocenters. The minimum atomic E-state index is -0.289. The van der Waals surface area contributed by atoms with E-state index in [1.54, 1.807) is 33.5 Å². The summed E-state index contributed by atoms with van der Waals surface area (Å²) in [6.45, 7) is 3.13. The van der Waals surface area contributed by atoms with E-state index in [1.807, 2.05) is 42.2 Å². The van der Waals surface area contributed by atoms with Gasteiger partial charge in [-0.1, -0.05) is 30.3 Å². The summed E-state index contributed by atoms with van der Waals surface area (Å²) in [7, 11) is 4.64. The van der Waals surface area contributed by atoms with Crippen LogP contribution in [-0.4, -0.2) is 50.3 Å². The Labute approximate surface area is 210 Å². The summed E-state index contributed by atoms with van der Waals surface area (Å²) in [4.78, 5) is 19.6. The molecule has 1 amide bonds. The van der Waals surface area contributed by atoms with Crippen molar-refractivity contribution >= 4 is 16.8 Å². The molecule has 0 saturated heterocycles. The monoisotopic (exact) mass is 486 g/mol. The second kappa shape index (κ2) is 9.85. The van der Waals surface area contributed by atoms with E-state index in [9.17, 15) is 4.79 Å². The predicted octanol–water partition coefficient (Wildman–Crippen LogP) is 5.38. The van der Waals surface area contributed by atoms with Gasteiger partial charge in [-0.3, -0.25) is 4.79 Å². The maximum Gasteiger partial charge on any atom is 0.254 e. The van der Waals surface area contributed by atoms with Crippen molar-refractivity contribution in [2.45, 2.75) is 19.4 Å². The number of carbonyl (C=O) groups excluding carboxylic acids is 1. The van der Waals surface area contributed by atoms with E-state index < -0.39 is 0 Å². The lowest BCUT2D eigenvalue weighted by molar-refractivity contribution is 0.0691. The van der Waals surface area contributed by atoms with Crippen LogP contribution in [-0.2, 0) is 6.42 Å². The smallest absolute Gasteiger partial charge is 0.254 e. The molecule has 0 spiro atoms. The third-order valence-electron chi connectivity index (χ3n) is 6.71. The number of fused-ring (bicyclic) bond motifs is 3. The summed E-state index contributed by atoms with van der Waals surface area (Å²) < 4.78 is 22.1. The fraction of sp³-hybridized carbons (Fsp3) is 0.276. The second-order valence-corrected chi connectivity index (χ2v) is 8.63. The van der Waals surface area contributed by atoms with Crippen LogP contribution in [0.5, 0.6) is 23.0 Å². The zero-order valence-electron chi connectivity index (χ0n) is 21.0. The minimum absolute atomic E-state index is 0.113. The number of benzene rings is 3. The van der Waals surface area contributed by atoms with E-state index in [1.165, 1.54) is 10.9 Å². The Hall–Kier alpha value is -4.13. The molecule has 0 saturated carbocycles. The fourth-order valence-corrected chi connectivity index (χ4v) is 5.09. The van der Waals surface area contributed by atoms with Gasteiger partial charge >= 0.3 is 0 Å². The number of carbonyl (C=O) groups is 1. The fourth-order valence-electron chi connectivity index (χ4n) is 5.09. The summed E-state index contributed by atoms with van der Waals surface area (Å²) in [5, 5.41) is 1.20. The Balaban J connectivity index is 1.62. The van der Waals surface area contributed by atoms with E-state index in [2.05, 4.69) is 23.2 Å². The number of ether oxygens (including phenoxy) is 4. The first kappa shape index (κ1) is 23.6. The highest BCUT2D eigenvalue weighted by molar-refractivity contribution is 5.97. The van der Waals surface area contributed by atoms with Crippen molar-refractivity contribution in [3.05, 3.63) is 83.0 Å². The van der Waals surface area contributed by atoms with Crippen molar-refractivity contribution in [3.63, 3.8) is 0 Å². The van der Waals surface area contributed by atoms with Crippen LogP contribution in [0.25, 0.3) is 10.9 Å². The lowest BCUT2D eigenvalue weighted by Crippen LogP contribution is -2.40. The molecule has 4 aromatic rings. The number of amides is 1. The Morgan fingerprint density at radius 3 is 2.31 bits per heavy atom.